The Morgan fingerprint density at radius 1 is 1.33 bits per heavy atom. The molecule has 7 heteroatoms. The second kappa shape index (κ2) is 6.67. The second-order valence-corrected chi connectivity index (χ2v) is 5.37. The summed E-state index contributed by atoms with van der Waals surface area (Å²) in [6.07, 6.45) is 1.59. The van der Waals surface area contributed by atoms with E-state index in [2.05, 4.69) is 9.71 Å². The van der Waals surface area contributed by atoms with E-state index in [9.17, 15) is 8.42 Å². The molecule has 0 aromatic carbocycles. The maximum atomic E-state index is 11.9. The van der Waals surface area contributed by atoms with Crippen LogP contribution in [0.4, 0.5) is 0 Å². The average molecular weight is 273 g/mol. The number of hydrogen-bond donors (Lipinski definition) is 1. The third kappa shape index (κ3) is 3.94. The minimum absolute atomic E-state index is 0.218. The molecule has 1 heterocycles. The zero-order valence-corrected chi connectivity index (χ0v) is 11.7. The number of methoxy groups -OCH3 is 1. The van der Waals surface area contributed by atoms with Gasteiger partial charge in [0.15, 0.2) is 0 Å². The molecule has 0 aliphatic heterocycles. The standard InChI is InChI=1S/C11H19N3O3S/c1-4-14(5-2)18(15,16)13-9-10-6-7-11(17-3)12-8-10/h6-8,13H,4-5,9H2,1-3H3. The lowest BCUT2D eigenvalue weighted by atomic mass is 10.3. The van der Waals surface area contributed by atoms with Gasteiger partial charge in [-0.15, -0.1) is 0 Å². The van der Waals surface area contributed by atoms with Crippen molar-refractivity contribution in [1.29, 1.82) is 0 Å². The number of aromatic nitrogens is 1. The molecular formula is C11H19N3O3S. The highest BCUT2D eigenvalue weighted by Gasteiger charge is 2.17. The monoisotopic (exact) mass is 273 g/mol. The van der Waals surface area contributed by atoms with Crippen LogP contribution in [0.5, 0.6) is 5.88 Å². The number of nitrogens with one attached hydrogen (secondary N) is 1. The Hall–Kier alpha value is -1.18. The van der Waals surface area contributed by atoms with E-state index in [0.29, 0.717) is 19.0 Å². The van der Waals surface area contributed by atoms with Crippen molar-refractivity contribution in [1.82, 2.24) is 14.0 Å². The fourth-order valence-electron chi connectivity index (χ4n) is 1.47. The van der Waals surface area contributed by atoms with Gasteiger partial charge in [0.2, 0.25) is 5.88 Å². The predicted molar refractivity (Wildman–Crippen MR) is 69.5 cm³/mol. The van der Waals surface area contributed by atoms with Gasteiger partial charge in [-0.25, -0.2) is 4.98 Å². The maximum absolute atomic E-state index is 11.9. The van der Waals surface area contributed by atoms with Crippen LogP contribution in [0, 0.1) is 0 Å². The van der Waals surface area contributed by atoms with E-state index in [1.165, 1.54) is 11.4 Å². The Balaban J connectivity index is 2.63. The number of pyridine rings is 1. The Morgan fingerprint density at radius 2 is 2.00 bits per heavy atom. The zero-order valence-electron chi connectivity index (χ0n) is 10.9. The van der Waals surface area contributed by atoms with Crippen molar-refractivity contribution in [3.8, 4) is 5.88 Å². The molecule has 18 heavy (non-hydrogen) atoms. The summed E-state index contributed by atoms with van der Waals surface area (Å²) in [5.41, 5.74) is 0.784. The Kier molecular flexibility index (Phi) is 5.52. The number of ether oxygens (including phenoxy) is 1. The molecule has 0 saturated carbocycles. The first-order chi connectivity index (χ1) is 8.53. The van der Waals surface area contributed by atoms with Crippen molar-refractivity contribution in [2.75, 3.05) is 20.2 Å². The maximum Gasteiger partial charge on any atom is 0.279 e. The molecule has 6 nitrogen and oxygen atoms in total. The summed E-state index contributed by atoms with van der Waals surface area (Å²) in [6.45, 7) is 4.73. The summed E-state index contributed by atoms with van der Waals surface area (Å²) in [5, 5.41) is 0. The first kappa shape index (κ1) is 14.9. The lowest BCUT2D eigenvalue weighted by molar-refractivity contribution is 0.397. The molecule has 0 aliphatic carbocycles. The van der Waals surface area contributed by atoms with E-state index >= 15 is 0 Å². The highest BCUT2D eigenvalue weighted by Crippen LogP contribution is 2.07. The van der Waals surface area contributed by atoms with Crippen LogP contribution in [0.2, 0.25) is 0 Å². The minimum Gasteiger partial charge on any atom is -0.481 e. The van der Waals surface area contributed by atoms with Gasteiger partial charge in [-0.2, -0.15) is 17.4 Å². The smallest absolute Gasteiger partial charge is 0.279 e. The van der Waals surface area contributed by atoms with Gasteiger partial charge >= 0.3 is 0 Å². The summed E-state index contributed by atoms with van der Waals surface area (Å²) >= 11 is 0. The van der Waals surface area contributed by atoms with Crippen molar-refractivity contribution < 1.29 is 13.2 Å². The summed E-state index contributed by atoms with van der Waals surface area (Å²) in [4.78, 5) is 4.01. The van der Waals surface area contributed by atoms with Gasteiger partial charge in [0.25, 0.3) is 10.2 Å². The predicted octanol–water partition coefficient (Wildman–Crippen LogP) is 0.766. The quantitative estimate of drug-likeness (QED) is 0.796. The van der Waals surface area contributed by atoms with Gasteiger partial charge in [-0.3, -0.25) is 0 Å². The van der Waals surface area contributed by atoms with Crippen LogP contribution in [-0.4, -0.2) is 37.9 Å². The van der Waals surface area contributed by atoms with Gasteiger partial charge < -0.3 is 4.74 Å². The minimum atomic E-state index is -3.41. The molecule has 0 radical (unpaired) electrons. The van der Waals surface area contributed by atoms with E-state index in [1.807, 2.05) is 0 Å². The number of rotatable bonds is 7. The van der Waals surface area contributed by atoms with Crippen LogP contribution in [0.25, 0.3) is 0 Å². The number of hydrogen-bond acceptors (Lipinski definition) is 4. The molecule has 0 bridgehead atoms. The topological polar surface area (TPSA) is 71.5 Å². The highest BCUT2D eigenvalue weighted by molar-refractivity contribution is 7.87. The van der Waals surface area contributed by atoms with E-state index in [1.54, 1.807) is 32.2 Å². The fourth-order valence-corrected chi connectivity index (χ4v) is 2.68. The molecule has 0 spiro atoms. The molecule has 1 rings (SSSR count). The highest BCUT2D eigenvalue weighted by atomic mass is 32.2. The normalized spacial score (nSPS) is 11.8. The SMILES string of the molecule is CCN(CC)S(=O)(=O)NCc1ccc(OC)nc1. The van der Waals surface area contributed by atoms with Gasteiger partial charge in [0, 0.05) is 31.9 Å². The average Bonchev–Trinajstić information content (AvgIpc) is 2.38. The second-order valence-electron chi connectivity index (χ2n) is 3.62. The molecule has 0 aliphatic rings. The molecule has 0 fully saturated rings. The van der Waals surface area contributed by atoms with Crippen molar-refractivity contribution in [2.45, 2.75) is 20.4 Å². The molecular weight excluding hydrogens is 254 g/mol. The molecule has 0 atom stereocenters. The van der Waals surface area contributed by atoms with Crippen LogP contribution >= 0.6 is 0 Å². The van der Waals surface area contributed by atoms with E-state index in [-0.39, 0.29) is 6.54 Å². The Labute approximate surface area is 108 Å². The van der Waals surface area contributed by atoms with Crippen molar-refractivity contribution in [3.05, 3.63) is 23.9 Å². The summed E-state index contributed by atoms with van der Waals surface area (Å²) in [7, 11) is -1.88. The van der Waals surface area contributed by atoms with Crippen LogP contribution < -0.4 is 9.46 Å². The first-order valence-corrected chi connectivity index (χ1v) is 7.21. The largest absolute Gasteiger partial charge is 0.481 e. The molecule has 0 unspecified atom stereocenters. The van der Waals surface area contributed by atoms with Gasteiger partial charge in [-0.05, 0) is 5.56 Å². The third-order valence-electron chi connectivity index (χ3n) is 2.51. The summed E-state index contributed by atoms with van der Waals surface area (Å²) in [5.74, 6) is 0.505. The summed E-state index contributed by atoms with van der Waals surface area (Å²) < 4.78 is 32.5. The van der Waals surface area contributed by atoms with Crippen molar-refractivity contribution in [2.24, 2.45) is 0 Å². The first-order valence-electron chi connectivity index (χ1n) is 5.77. The molecule has 102 valence electrons. The fraction of sp³-hybridized carbons (Fsp3) is 0.545. The lowest BCUT2D eigenvalue weighted by Crippen LogP contribution is -2.40. The van der Waals surface area contributed by atoms with Gasteiger partial charge in [0.1, 0.15) is 0 Å². The van der Waals surface area contributed by atoms with E-state index < -0.39 is 10.2 Å². The van der Waals surface area contributed by atoms with Gasteiger partial charge in [0.05, 0.1) is 7.11 Å². The van der Waals surface area contributed by atoms with E-state index in [0.717, 1.165) is 5.56 Å². The Morgan fingerprint density at radius 3 is 2.44 bits per heavy atom. The molecule has 1 N–H and O–H groups in total. The van der Waals surface area contributed by atoms with Crippen molar-refractivity contribution in [3.63, 3.8) is 0 Å². The lowest BCUT2D eigenvalue weighted by Gasteiger charge is -2.18. The molecule has 1 aromatic rings. The van der Waals surface area contributed by atoms with E-state index in [4.69, 9.17) is 4.74 Å². The zero-order chi connectivity index (χ0) is 13.6. The number of nitrogens with zero attached hydrogens (tertiary/aromatic N) is 2. The Bertz CT molecular complexity index is 455. The van der Waals surface area contributed by atoms with Crippen LogP contribution in [0.3, 0.4) is 0 Å². The molecule has 0 amide bonds. The van der Waals surface area contributed by atoms with Crippen molar-refractivity contribution >= 4 is 10.2 Å². The van der Waals surface area contributed by atoms with Crippen LogP contribution in [0.15, 0.2) is 18.3 Å². The van der Waals surface area contributed by atoms with Crippen LogP contribution in [0.1, 0.15) is 19.4 Å². The third-order valence-corrected chi connectivity index (χ3v) is 4.22. The molecule has 0 saturated heterocycles. The summed E-state index contributed by atoms with van der Waals surface area (Å²) in [6, 6.07) is 3.47. The van der Waals surface area contributed by atoms with Gasteiger partial charge in [-0.1, -0.05) is 19.9 Å². The molecule has 1 aromatic heterocycles. The van der Waals surface area contributed by atoms with Crippen LogP contribution in [-0.2, 0) is 16.8 Å².